The van der Waals surface area contributed by atoms with E-state index in [0.29, 0.717) is 25.6 Å². The molecule has 2 saturated heterocycles. The van der Waals surface area contributed by atoms with Crippen LogP contribution in [0.4, 0.5) is 0 Å². The number of hydrogen-bond donors (Lipinski definition) is 2. The fourth-order valence-electron chi connectivity index (χ4n) is 3.66. The molecular formula is C20H30ClN3O3. The molecule has 2 aliphatic rings. The summed E-state index contributed by atoms with van der Waals surface area (Å²) in [6.45, 7) is 3.61. The van der Waals surface area contributed by atoms with E-state index < -0.39 is 0 Å². The Morgan fingerprint density at radius 3 is 2.74 bits per heavy atom. The number of rotatable bonds is 7. The van der Waals surface area contributed by atoms with E-state index in [1.807, 2.05) is 35.2 Å². The van der Waals surface area contributed by atoms with Gasteiger partial charge < -0.3 is 20.3 Å². The highest BCUT2D eigenvalue weighted by atomic mass is 35.5. The number of piperidine rings is 1. The number of ether oxygens (including phenoxy) is 1. The average molecular weight is 396 g/mol. The molecule has 0 bridgehead atoms. The summed E-state index contributed by atoms with van der Waals surface area (Å²) in [5.41, 5.74) is 1.07. The lowest BCUT2D eigenvalue weighted by Crippen LogP contribution is -2.47. The summed E-state index contributed by atoms with van der Waals surface area (Å²) in [5.74, 6) is 0.457. The first-order valence-electron chi connectivity index (χ1n) is 9.63. The van der Waals surface area contributed by atoms with Gasteiger partial charge in [-0.15, -0.1) is 12.4 Å². The van der Waals surface area contributed by atoms with Crippen molar-refractivity contribution in [3.05, 3.63) is 35.9 Å². The number of nitrogens with one attached hydrogen (secondary N) is 2. The van der Waals surface area contributed by atoms with E-state index in [1.165, 1.54) is 0 Å². The molecule has 2 aliphatic heterocycles. The van der Waals surface area contributed by atoms with E-state index >= 15 is 0 Å². The lowest BCUT2D eigenvalue weighted by Gasteiger charge is -2.33. The van der Waals surface area contributed by atoms with Crippen LogP contribution in [0, 0.1) is 5.92 Å². The maximum absolute atomic E-state index is 12.4. The number of carbonyl (C=O) groups excluding carboxylic acids is 2. The molecule has 7 heteroatoms. The van der Waals surface area contributed by atoms with Crippen LogP contribution in [0.3, 0.4) is 0 Å². The molecule has 2 fully saturated rings. The Morgan fingerprint density at radius 1 is 1.19 bits per heavy atom. The molecule has 0 radical (unpaired) electrons. The largest absolute Gasteiger partial charge is 0.367 e. The van der Waals surface area contributed by atoms with Crippen molar-refractivity contribution < 1.29 is 14.3 Å². The zero-order valence-corrected chi connectivity index (χ0v) is 16.5. The third-order valence-electron chi connectivity index (χ3n) is 5.15. The Hall–Kier alpha value is -1.63. The van der Waals surface area contributed by atoms with Gasteiger partial charge in [0.1, 0.15) is 6.61 Å². The normalized spacial score (nSPS) is 22.1. The van der Waals surface area contributed by atoms with Crippen molar-refractivity contribution in [2.75, 3.05) is 32.8 Å². The van der Waals surface area contributed by atoms with Gasteiger partial charge in [-0.2, -0.15) is 0 Å². The van der Waals surface area contributed by atoms with Crippen LogP contribution < -0.4 is 10.6 Å². The molecule has 2 amide bonds. The van der Waals surface area contributed by atoms with Gasteiger partial charge in [-0.3, -0.25) is 9.59 Å². The minimum Gasteiger partial charge on any atom is -0.367 e. The number of benzene rings is 1. The summed E-state index contributed by atoms with van der Waals surface area (Å²) in [6.07, 6.45) is 4.01. The Balaban J connectivity index is 0.00000261. The standard InChI is InChI=1S/C20H29N3O3.ClH/c24-19(15-26-14-16-6-2-1-3-7-16)23-11-5-8-17(13-23)12-22-20(25)18-9-4-10-21-18;/h1-3,6-7,17-18,21H,4-5,8-15H2,(H,22,25);1H. The quantitative estimate of drug-likeness (QED) is 0.737. The van der Waals surface area contributed by atoms with Crippen LogP contribution in [0.2, 0.25) is 0 Å². The fourth-order valence-corrected chi connectivity index (χ4v) is 3.66. The summed E-state index contributed by atoms with van der Waals surface area (Å²) in [4.78, 5) is 26.4. The topological polar surface area (TPSA) is 70.7 Å². The third-order valence-corrected chi connectivity index (χ3v) is 5.15. The molecule has 2 unspecified atom stereocenters. The molecule has 6 nitrogen and oxygen atoms in total. The lowest BCUT2D eigenvalue weighted by atomic mass is 9.97. The van der Waals surface area contributed by atoms with Gasteiger partial charge in [0.25, 0.3) is 0 Å². The van der Waals surface area contributed by atoms with Gasteiger partial charge >= 0.3 is 0 Å². The van der Waals surface area contributed by atoms with Gasteiger partial charge in [0.05, 0.1) is 12.6 Å². The van der Waals surface area contributed by atoms with Crippen molar-refractivity contribution in [3.8, 4) is 0 Å². The monoisotopic (exact) mass is 395 g/mol. The molecular weight excluding hydrogens is 366 g/mol. The zero-order chi connectivity index (χ0) is 18.2. The first-order valence-corrected chi connectivity index (χ1v) is 9.63. The van der Waals surface area contributed by atoms with Crippen LogP contribution >= 0.6 is 12.4 Å². The van der Waals surface area contributed by atoms with Crippen molar-refractivity contribution >= 4 is 24.2 Å². The third kappa shape index (κ3) is 6.79. The van der Waals surface area contributed by atoms with Gasteiger partial charge in [-0.05, 0) is 43.7 Å². The highest BCUT2D eigenvalue weighted by Gasteiger charge is 2.26. The first-order chi connectivity index (χ1) is 12.7. The van der Waals surface area contributed by atoms with Crippen molar-refractivity contribution in [1.29, 1.82) is 0 Å². The molecule has 27 heavy (non-hydrogen) atoms. The van der Waals surface area contributed by atoms with E-state index in [1.54, 1.807) is 0 Å². The molecule has 3 rings (SSSR count). The second-order valence-electron chi connectivity index (χ2n) is 7.22. The van der Waals surface area contributed by atoms with Crippen LogP contribution in [0.15, 0.2) is 30.3 Å². The molecule has 0 aliphatic carbocycles. The van der Waals surface area contributed by atoms with Crippen molar-refractivity contribution in [2.24, 2.45) is 5.92 Å². The van der Waals surface area contributed by atoms with E-state index in [0.717, 1.165) is 44.3 Å². The highest BCUT2D eigenvalue weighted by Crippen LogP contribution is 2.16. The van der Waals surface area contributed by atoms with Gasteiger partial charge in [0.2, 0.25) is 11.8 Å². The second-order valence-corrected chi connectivity index (χ2v) is 7.22. The first kappa shape index (κ1) is 21.7. The number of amides is 2. The highest BCUT2D eigenvalue weighted by molar-refractivity contribution is 5.85. The maximum atomic E-state index is 12.4. The van der Waals surface area contributed by atoms with Crippen LogP contribution in [0.25, 0.3) is 0 Å². The SMILES string of the molecule is Cl.O=C(NCC1CCCN(C(=O)COCc2ccccc2)C1)C1CCCN1. The lowest BCUT2D eigenvalue weighted by molar-refractivity contribution is -0.138. The van der Waals surface area contributed by atoms with Crippen LogP contribution in [-0.4, -0.2) is 55.5 Å². The second kappa shape index (κ2) is 11.3. The Kier molecular flexibility index (Phi) is 9.04. The maximum Gasteiger partial charge on any atom is 0.248 e. The summed E-state index contributed by atoms with van der Waals surface area (Å²) < 4.78 is 5.57. The minimum atomic E-state index is -0.0392. The van der Waals surface area contributed by atoms with Gasteiger partial charge in [0.15, 0.2) is 0 Å². The minimum absolute atomic E-state index is 0. The fraction of sp³-hybridized carbons (Fsp3) is 0.600. The van der Waals surface area contributed by atoms with E-state index in [9.17, 15) is 9.59 Å². The van der Waals surface area contributed by atoms with Crippen LogP contribution in [-0.2, 0) is 20.9 Å². The van der Waals surface area contributed by atoms with Crippen LogP contribution in [0.1, 0.15) is 31.2 Å². The van der Waals surface area contributed by atoms with Gasteiger partial charge in [-0.25, -0.2) is 0 Å². The van der Waals surface area contributed by atoms with Gasteiger partial charge in [0, 0.05) is 19.6 Å². The smallest absolute Gasteiger partial charge is 0.248 e. The number of carbonyl (C=O) groups is 2. The Labute approximate surface area is 167 Å². The summed E-state index contributed by atoms with van der Waals surface area (Å²) in [5, 5.41) is 6.26. The molecule has 150 valence electrons. The summed E-state index contributed by atoms with van der Waals surface area (Å²) in [6, 6.07) is 9.83. The predicted octanol–water partition coefficient (Wildman–Crippen LogP) is 1.73. The molecule has 2 N–H and O–H groups in total. The molecule has 1 aromatic rings. The zero-order valence-electron chi connectivity index (χ0n) is 15.7. The number of halogens is 1. The van der Waals surface area contributed by atoms with E-state index in [2.05, 4.69) is 10.6 Å². The van der Waals surface area contributed by atoms with Gasteiger partial charge in [-0.1, -0.05) is 30.3 Å². The molecule has 0 saturated carbocycles. The molecule has 0 aromatic heterocycles. The Morgan fingerprint density at radius 2 is 2.00 bits per heavy atom. The van der Waals surface area contributed by atoms with Crippen LogP contribution in [0.5, 0.6) is 0 Å². The number of nitrogens with zero attached hydrogens (tertiary/aromatic N) is 1. The molecule has 0 spiro atoms. The van der Waals surface area contributed by atoms with Crippen molar-refractivity contribution in [1.82, 2.24) is 15.5 Å². The number of hydrogen-bond acceptors (Lipinski definition) is 4. The Bertz CT molecular complexity index is 593. The van der Waals surface area contributed by atoms with Crippen molar-refractivity contribution in [3.63, 3.8) is 0 Å². The molecule has 2 atom stereocenters. The number of likely N-dealkylation sites (tertiary alicyclic amines) is 1. The van der Waals surface area contributed by atoms with E-state index in [-0.39, 0.29) is 36.9 Å². The molecule has 2 heterocycles. The predicted molar refractivity (Wildman–Crippen MR) is 107 cm³/mol. The molecule has 1 aromatic carbocycles. The average Bonchev–Trinajstić information content (AvgIpc) is 3.22. The van der Waals surface area contributed by atoms with E-state index in [4.69, 9.17) is 4.74 Å². The van der Waals surface area contributed by atoms with Crippen molar-refractivity contribution in [2.45, 2.75) is 38.3 Å². The summed E-state index contributed by atoms with van der Waals surface area (Å²) >= 11 is 0. The summed E-state index contributed by atoms with van der Waals surface area (Å²) in [7, 11) is 0.